The molecule has 0 atom stereocenters. The summed E-state index contributed by atoms with van der Waals surface area (Å²) in [4.78, 5) is 4.78. The maximum absolute atomic E-state index is 4.46. The van der Waals surface area contributed by atoms with Crippen LogP contribution in [-0.2, 0) is 0 Å². The Balaban J connectivity index is 1.05. The molecule has 0 N–H and O–H groups in total. The van der Waals surface area contributed by atoms with Crippen molar-refractivity contribution in [1.82, 2.24) is 9.13 Å². The predicted octanol–water partition coefficient (Wildman–Crippen LogP) is 16.2. The zero-order chi connectivity index (χ0) is 47.4. The summed E-state index contributed by atoms with van der Waals surface area (Å²) in [5.41, 5.74) is 19.1. The minimum Gasteiger partial charge on any atom is -0.319 e. The summed E-state index contributed by atoms with van der Waals surface area (Å²) < 4.78 is 4.77. The Morgan fingerprint density at radius 3 is 1.45 bits per heavy atom. The Hall–Kier alpha value is -9.32. The van der Waals surface area contributed by atoms with E-state index in [9.17, 15) is 0 Å². The quantitative estimate of drug-likeness (QED) is 0.106. The van der Waals surface area contributed by atoms with Gasteiger partial charge in [-0.3, -0.25) is 0 Å². The summed E-state index contributed by atoms with van der Waals surface area (Å²) >= 11 is 0. The minimum atomic E-state index is -0.112. The summed E-state index contributed by atoms with van der Waals surface area (Å²) in [6.07, 6.45) is 10.8. The van der Waals surface area contributed by atoms with Crippen LogP contribution < -0.4 is 15.3 Å². The first kappa shape index (κ1) is 41.8. The summed E-state index contributed by atoms with van der Waals surface area (Å²) in [6, 6.07) is 80.9. The molecule has 0 amide bonds. The molecule has 0 fully saturated rings. The lowest BCUT2D eigenvalue weighted by molar-refractivity contribution is 1.12. The first-order chi connectivity index (χ1) is 35.1. The van der Waals surface area contributed by atoms with E-state index < -0.39 is 0 Å². The third kappa shape index (κ3) is 7.01. The third-order valence-corrected chi connectivity index (χ3v) is 14.3. The summed E-state index contributed by atoms with van der Waals surface area (Å²) in [5.74, 6) is 2.45. The Kier molecular flexibility index (Phi) is 10.2. The van der Waals surface area contributed by atoms with Gasteiger partial charge in [0.25, 0.3) is 0 Å². The van der Waals surface area contributed by atoms with Crippen molar-refractivity contribution in [3.05, 3.63) is 291 Å². The van der Waals surface area contributed by atoms with Crippen LogP contribution in [-0.4, -0.2) is 15.8 Å². The molecule has 2 aliphatic rings. The molecular formula is C66H47BN4. The molecule has 4 heterocycles. The highest BCUT2D eigenvalue weighted by Crippen LogP contribution is 2.44. The van der Waals surface area contributed by atoms with Crippen LogP contribution in [0.15, 0.2) is 291 Å². The Morgan fingerprint density at radius 2 is 0.915 bits per heavy atom. The molecule has 0 spiro atoms. The number of nitrogens with zero attached hydrogens (tertiary/aromatic N) is 4. The number of rotatable bonds is 9. The van der Waals surface area contributed by atoms with Crippen molar-refractivity contribution < 1.29 is 0 Å². The smallest absolute Gasteiger partial charge is 0.243 e. The van der Waals surface area contributed by atoms with Gasteiger partial charge in [-0.1, -0.05) is 189 Å². The number of benzene rings is 9. The van der Waals surface area contributed by atoms with Gasteiger partial charge in [-0.2, -0.15) is 0 Å². The van der Waals surface area contributed by atoms with E-state index >= 15 is 0 Å². The average molecular weight is 907 g/mol. The van der Waals surface area contributed by atoms with Gasteiger partial charge in [0.15, 0.2) is 0 Å². The normalized spacial score (nSPS) is 14.2. The lowest BCUT2D eigenvalue weighted by Gasteiger charge is -2.41. The van der Waals surface area contributed by atoms with E-state index in [1.54, 1.807) is 0 Å². The fraction of sp³-hybridized carbons (Fsp3) is 0. The maximum atomic E-state index is 4.46. The first-order valence-electron chi connectivity index (χ1n) is 24.3. The van der Waals surface area contributed by atoms with Gasteiger partial charge in [0.2, 0.25) is 6.71 Å². The Bertz CT molecular complexity index is 3910. The first-order valence-corrected chi connectivity index (χ1v) is 24.3. The van der Waals surface area contributed by atoms with Crippen LogP contribution in [0.5, 0.6) is 0 Å². The molecule has 0 saturated carbocycles. The highest BCUT2D eigenvalue weighted by Gasteiger charge is 2.39. The van der Waals surface area contributed by atoms with Crippen LogP contribution in [0, 0.1) is 0 Å². The molecule has 9 aromatic carbocycles. The second-order valence-corrected chi connectivity index (χ2v) is 18.2. The van der Waals surface area contributed by atoms with Gasteiger partial charge in [0, 0.05) is 67.6 Å². The molecule has 0 saturated heterocycles. The SMILES string of the molecule is C=C/C=C1\C2=CN(c3ccc(-c4ccccc4)cc3)C(/C=C(\C=C)n3c4ccccc4c4ccccc43)=CB2c2ccc(-n3c4ccccc4c4ccccc43)cc2N1c1ccc(-c2ccccc2)cc1. The van der Waals surface area contributed by atoms with Gasteiger partial charge in [-0.15, -0.1) is 0 Å². The topological polar surface area (TPSA) is 16.3 Å². The molecule has 0 unspecified atom stereocenters. The highest BCUT2D eigenvalue weighted by atomic mass is 15.2. The molecular weight excluding hydrogens is 860 g/mol. The van der Waals surface area contributed by atoms with Gasteiger partial charge < -0.3 is 18.9 Å². The fourth-order valence-corrected chi connectivity index (χ4v) is 11.1. The lowest BCUT2D eigenvalue weighted by atomic mass is 9.36. The van der Waals surface area contributed by atoms with E-state index in [1.165, 1.54) is 54.7 Å². The molecule has 2 aromatic heterocycles. The van der Waals surface area contributed by atoms with Crippen molar-refractivity contribution in [3.63, 3.8) is 0 Å². The van der Waals surface area contributed by atoms with E-state index in [2.05, 4.69) is 281 Å². The Labute approximate surface area is 414 Å². The van der Waals surface area contributed by atoms with Crippen molar-refractivity contribution in [1.29, 1.82) is 0 Å². The summed E-state index contributed by atoms with van der Waals surface area (Å²) in [5, 5.41) is 4.88. The molecule has 71 heavy (non-hydrogen) atoms. The van der Waals surface area contributed by atoms with E-state index in [-0.39, 0.29) is 6.71 Å². The molecule has 2 aliphatic heterocycles. The van der Waals surface area contributed by atoms with Crippen molar-refractivity contribution >= 4 is 78.5 Å². The van der Waals surface area contributed by atoms with Crippen LogP contribution in [0.4, 0.5) is 17.1 Å². The van der Waals surface area contributed by atoms with Crippen LogP contribution in [0.3, 0.4) is 0 Å². The van der Waals surface area contributed by atoms with Gasteiger partial charge in [-0.05, 0) is 112 Å². The van der Waals surface area contributed by atoms with E-state index in [1.807, 2.05) is 12.2 Å². The molecule has 11 aromatic rings. The number of fused-ring (bicyclic) bond motifs is 9. The predicted molar refractivity (Wildman–Crippen MR) is 303 cm³/mol. The largest absolute Gasteiger partial charge is 0.319 e. The number of hydrogen-bond acceptors (Lipinski definition) is 2. The van der Waals surface area contributed by atoms with Crippen LogP contribution in [0.2, 0.25) is 0 Å². The zero-order valence-corrected chi connectivity index (χ0v) is 39.1. The van der Waals surface area contributed by atoms with E-state index in [0.29, 0.717) is 0 Å². The number of aromatic nitrogens is 2. The highest BCUT2D eigenvalue weighted by molar-refractivity contribution is 6.87. The number of allylic oxidation sites excluding steroid dienone is 6. The monoisotopic (exact) mass is 906 g/mol. The third-order valence-electron chi connectivity index (χ3n) is 14.3. The molecule has 0 bridgehead atoms. The van der Waals surface area contributed by atoms with Gasteiger partial charge in [-0.25, -0.2) is 0 Å². The molecule has 5 heteroatoms. The van der Waals surface area contributed by atoms with E-state index in [0.717, 1.165) is 61.9 Å². The minimum absolute atomic E-state index is 0.112. The van der Waals surface area contributed by atoms with Crippen molar-refractivity contribution in [2.75, 3.05) is 9.80 Å². The van der Waals surface area contributed by atoms with Crippen LogP contribution in [0.25, 0.3) is 77.2 Å². The van der Waals surface area contributed by atoms with Crippen LogP contribution >= 0.6 is 0 Å². The van der Waals surface area contributed by atoms with Gasteiger partial charge >= 0.3 is 0 Å². The van der Waals surface area contributed by atoms with Gasteiger partial charge in [0.1, 0.15) is 0 Å². The fourth-order valence-electron chi connectivity index (χ4n) is 11.1. The molecule has 334 valence electrons. The maximum Gasteiger partial charge on any atom is 0.243 e. The van der Waals surface area contributed by atoms with Crippen LogP contribution in [0.1, 0.15) is 0 Å². The Morgan fingerprint density at radius 1 is 0.451 bits per heavy atom. The number of anilines is 3. The van der Waals surface area contributed by atoms with E-state index in [4.69, 9.17) is 0 Å². The standard InChI is InChI=1S/C66H47BN4/c1-3-19-65-60-45-68(51-36-32-48(33-37-51)46-20-7-5-8-21-46)54(42-50(4-2)69-61-28-15-11-24-55(61)56-25-12-16-29-62(56)69)44-67(60)59-41-40-53(71-63-30-17-13-26-57(63)58-27-14-18-31-64(58)71)43-66(59)70(65)52-38-34-49(35-39-52)47-22-9-6-10-23-47/h3-45H,1-2H2/b50-42+,65-19+. The van der Waals surface area contributed by atoms with Gasteiger partial charge in [0.05, 0.1) is 22.1 Å². The molecule has 0 aliphatic carbocycles. The summed E-state index contributed by atoms with van der Waals surface area (Å²) in [6.45, 7) is 8.68. The second kappa shape index (κ2) is 17.3. The van der Waals surface area contributed by atoms with Crippen molar-refractivity contribution in [2.45, 2.75) is 0 Å². The lowest BCUT2D eigenvalue weighted by Crippen LogP contribution is -2.46. The van der Waals surface area contributed by atoms with Crippen molar-refractivity contribution in [2.24, 2.45) is 0 Å². The molecule has 0 radical (unpaired) electrons. The molecule has 13 rings (SSSR count). The average Bonchev–Trinajstić information content (AvgIpc) is 3.96. The zero-order valence-electron chi connectivity index (χ0n) is 39.1. The second-order valence-electron chi connectivity index (χ2n) is 18.2. The number of para-hydroxylation sites is 4. The number of hydrogen-bond donors (Lipinski definition) is 0. The summed E-state index contributed by atoms with van der Waals surface area (Å²) in [7, 11) is 0. The van der Waals surface area contributed by atoms with Crippen molar-refractivity contribution in [3.8, 4) is 27.9 Å². The molecule has 4 nitrogen and oxygen atoms in total.